The maximum absolute atomic E-state index is 11.6. The highest BCUT2D eigenvalue weighted by molar-refractivity contribution is 7.99. The van der Waals surface area contributed by atoms with Crippen LogP contribution in [0.25, 0.3) is 0 Å². The molecule has 0 radical (unpaired) electrons. The average molecular weight is 368 g/mol. The Morgan fingerprint density at radius 1 is 1.04 bits per heavy atom. The van der Waals surface area contributed by atoms with E-state index in [0.717, 1.165) is 29.9 Å². The third-order valence-electron chi connectivity index (χ3n) is 3.80. The highest BCUT2D eigenvalue weighted by Crippen LogP contribution is 2.14. The van der Waals surface area contributed by atoms with E-state index in [4.69, 9.17) is 9.47 Å². The van der Waals surface area contributed by atoms with Crippen molar-refractivity contribution in [3.8, 4) is 17.6 Å². The van der Waals surface area contributed by atoms with E-state index < -0.39 is 0 Å². The predicted octanol–water partition coefficient (Wildman–Crippen LogP) is 4.78. The normalized spacial score (nSPS) is 11.2. The van der Waals surface area contributed by atoms with Gasteiger partial charge in [-0.3, -0.25) is 0 Å². The van der Waals surface area contributed by atoms with E-state index in [0.29, 0.717) is 17.4 Å². The molecule has 1 atom stereocenters. The summed E-state index contributed by atoms with van der Waals surface area (Å²) in [5, 5.41) is 0.607. The van der Waals surface area contributed by atoms with Gasteiger partial charge in [0.15, 0.2) is 0 Å². The Labute approximate surface area is 160 Å². The summed E-state index contributed by atoms with van der Waals surface area (Å²) < 4.78 is 10.7. The van der Waals surface area contributed by atoms with Crippen LogP contribution in [-0.4, -0.2) is 30.7 Å². The van der Waals surface area contributed by atoms with Crippen molar-refractivity contribution in [2.45, 2.75) is 25.5 Å². The van der Waals surface area contributed by atoms with Crippen molar-refractivity contribution >= 4 is 17.7 Å². The van der Waals surface area contributed by atoms with Gasteiger partial charge in [0, 0.05) is 16.4 Å². The smallest absolute Gasteiger partial charge is 0.338 e. The van der Waals surface area contributed by atoms with E-state index in [-0.39, 0.29) is 5.97 Å². The Hall–Kier alpha value is -2.38. The van der Waals surface area contributed by atoms with E-state index in [1.165, 1.54) is 0 Å². The Bertz CT molecular complexity index is 755. The first-order chi connectivity index (χ1) is 12.6. The monoisotopic (exact) mass is 368 g/mol. The summed E-state index contributed by atoms with van der Waals surface area (Å²) in [6, 6.07) is 14.9. The van der Waals surface area contributed by atoms with Crippen molar-refractivity contribution in [2.75, 3.05) is 19.5 Å². The number of hydrogen-bond donors (Lipinski definition) is 0. The summed E-state index contributed by atoms with van der Waals surface area (Å²) in [4.78, 5) is 11.6. The van der Waals surface area contributed by atoms with Crippen LogP contribution in [0.1, 0.15) is 41.8 Å². The molecule has 0 bridgehead atoms. The largest absolute Gasteiger partial charge is 0.494 e. The maximum Gasteiger partial charge on any atom is 0.338 e. The van der Waals surface area contributed by atoms with Crippen molar-refractivity contribution in [2.24, 2.45) is 0 Å². The first kappa shape index (κ1) is 19.9. The van der Waals surface area contributed by atoms with Gasteiger partial charge in [0.25, 0.3) is 0 Å². The summed E-state index contributed by atoms with van der Waals surface area (Å²) in [7, 11) is 0. The molecule has 0 spiro atoms. The third kappa shape index (κ3) is 6.50. The quantitative estimate of drug-likeness (QED) is 0.520. The lowest BCUT2D eigenvalue weighted by atomic mass is 10.1. The molecule has 0 aliphatic carbocycles. The molecule has 0 aromatic heterocycles. The second-order valence-corrected chi connectivity index (χ2v) is 7.03. The molecule has 136 valence electrons. The fraction of sp³-hybridized carbons (Fsp3) is 0.318. The van der Waals surface area contributed by atoms with E-state index in [9.17, 15) is 4.79 Å². The van der Waals surface area contributed by atoms with Crippen LogP contribution in [0.4, 0.5) is 0 Å². The summed E-state index contributed by atoms with van der Waals surface area (Å²) >= 11 is 1.85. The number of carbonyl (C=O) groups excluding carboxylic acids is 1. The van der Waals surface area contributed by atoms with Gasteiger partial charge in [-0.1, -0.05) is 18.8 Å². The lowest BCUT2D eigenvalue weighted by Gasteiger charge is -2.09. The van der Waals surface area contributed by atoms with Gasteiger partial charge in [-0.05, 0) is 68.1 Å². The van der Waals surface area contributed by atoms with Crippen LogP contribution in [0.15, 0.2) is 48.5 Å². The molecule has 0 amide bonds. The van der Waals surface area contributed by atoms with Gasteiger partial charge in [0.05, 0.1) is 18.8 Å². The molecule has 2 aromatic carbocycles. The van der Waals surface area contributed by atoms with Crippen molar-refractivity contribution in [1.29, 1.82) is 0 Å². The summed E-state index contributed by atoms with van der Waals surface area (Å²) in [5.74, 6) is 6.77. The minimum absolute atomic E-state index is 0.311. The summed E-state index contributed by atoms with van der Waals surface area (Å²) in [6.07, 6.45) is 3.15. The molecular formula is C22H24O3S. The number of rotatable bonds is 7. The topological polar surface area (TPSA) is 35.5 Å². The molecule has 0 saturated carbocycles. The van der Waals surface area contributed by atoms with Crippen LogP contribution in [0.5, 0.6) is 5.75 Å². The van der Waals surface area contributed by atoms with Crippen molar-refractivity contribution < 1.29 is 14.3 Å². The van der Waals surface area contributed by atoms with Gasteiger partial charge in [-0.15, -0.1) is 0 Å². The fourth-order valence-corrected chi connectivity index (χ4v) is 2.48. The molecule has 0 aliphatic rings. The molecule has 0 saturated heterocycles. The summed E-state index contributed by atoms with van der Waals surface area (Å²) in [6.45, 7) is 5.08. The zero-order chi connectivity index (χ0) is 18.8. The molecule has 0 fully saturated rings. The predicted molar refractivity (Wildman–Crippen MR) is 108 cm³/mol. The van der Waals surface area contributed by atoms with Gasteiger partial charge in [-0.2, -0.15) is 11.8 Å². The van der Waals surface area contributed by atoms with Crippen LogP contribution in [0.2, 0.25) is 0 Å². The highest BCUT2D eigenvalue weighted by atomic mass is 32.2. The minimum Gasteiger partial charge on any atom is -0.494 e. The van der Waals surface area contributed by atoms with Crippen molar-refractivity contribution in [1.82, 2.24) is 0 Å². The van der Waals surface area contributed by atoms with Crippen LogP contribution in [0, 0.1) is 11.8 Å². The molecule has 0 heterocycles. The zero-order valence-electron chi connectivity index (χ0n) is 15.5. The Morgan fingerprint density at radius 2 is 1.62 bits per heavy atom. The number of carbonyl (C=O) groups is 1. The number of thioether (sulfide) groups is 1. The fourth-order valence-electron chi connectivity index (χ4n) is 2.14. The SMILES string of the molecule is CCOC(=O)c1ccc(C#Cc2ccc(OCCC(C)SC)cc2)cc1. The lowest BCUT2D eigenvalue weighted by molar-refractivity contribution is 0.0526. The number of esters is 1. The molecule has 1 unspecified atom stereocenters. The van der Waals surface area contributed by atoms with Gasteiger partial charge in [0.1, 0.15) is 5.75 Å². The van der Waals surface area contributed by atoms with Crippen molar-refractivity contribution in [3.05, 3.63) is 65.2 Å². The molecular weight excluding hydrogens is 344 g/mol. The molecule has 0 N–H and O–H groups in total. The van der Waals surface area contributed by atoms with Crippen molar-refractivity contribution in [3.63, 3.8) is 0 Å². The molecule has 3 nitrogen and oxygen atoms in total. The number of ether oxygens (including phenoxy) is 2. The second-order valence-electron chi connectivity index (χ2n) is 5.76. The van der Waals surface area contributed by atoms with E-state index >= 15 is 0 Å². The molecule has 2 rings (SSSR count). The van der Waals surface area contributed by atoms with Crippen LogP contribution >= 0.6 is 11.8 Å². The van der Waals surface area contributed by atoms with Gasteiger partial charge < -0.3 is 9.47 Å². The van der Waals surface area contributed by atoms with Crippen LogP contribution in [0.3, 0.4) is 0 Å². The molecule has 4 heteroatoms. The number of hydrogen-bond acceptors (Lipinski definition) is 4. The molecule has 2 aromatic rings. The maximum atomic E-state index is 11.6. The van der Waals surface area contributed by atoms with E-state index in [1.807, 2.05) is 48.2 Å². The van der Waals surface area contributed by atoms with Crippen LogP contribution in [-0.2, 0) is 4.74 Å². The standard InChI is InChI=1S/C22H24O3S/c1-4-24-22(23)20-11-7-18(8-12-20)5-6-19-9-13-21(14-10-19)25-16-15-17(2)26-3/h7-14,17H,4,15-16H2,1-3H3. The third-order valence-corrected chi connectivity index (χ3v) is 4.84. The highest BCUT2D eigenvalue weighted by Gasteiger charge is 2.04. The Balaban J connectivity index is 1.92. The number of benzene rings is 2. The molecule has 0 aliphatic heterocycles. The first-order valence-electron chi connectivity index (χ1n) is 8.67. The Kier molecular flexibility index (Phi) is 8.11. The van der Waals surface area contributed by atoms with Gasteiger partial charge in [-0.25, -0.2) is 4.79 Å². The van der Waals surface area contributed by atoms with E-state index in [2.05, 4.69) is 25.0 Å². The van der Waals surface area contributed by atoms with Crippen LogP contribution < -0.4 is 4.74 Å². The van der Waals surface area contributed by atoms with E-state index in [1.54, 1.807) is 19.1 Å². The van der Waals surface area contributed by atoms with Gasteiger partial charge >= 0.3 is 5.97 Å². The minimum atomic E-state index is -0.311. The Morgan fingerprint density at radius 3 is 2.15 bits per heavy atom. The first-order valence-corrected chi connectivity index (χ1v) is 9.96. The second kappa shape index (κ2) is 10.6. The lowest BCUT2D eigenvalue weighted by Crippen LogP contribution is -2.04. The average Bonchev–Trinajstić information content (AvgIpc) is 2.67. The summed E-state index contributed by atoms with van der Waals surface area (Å²) in [5.41, 5.74) is 2.31. The van der Waals surface area contributed by atoms with Gasteiger partial charge in [0.2, 0.25) is 0 Å². The molecule has 26 heavy (non-hydrogen) atoms. The zero-order valence-corrected chi connectivity index (χ0v) is 16.3.